The minimum Gasteiger partial charge on any atom is -0.455 e. The van der Waals surface area contributed by atoms with Crippen molar-refractivity contribution in [2.24, 2.45) is 0 Å². The number of ether oxygens (including phenoxy) is 1. The van der Waals surface area contributed by atoms with E-state index in [-0.39, 0.29) is 12.4 Å². The van der Waals surface area contributed by atoms with Gasteiger partial charge in [-0.15, -0.1) is 0 Å². The van der Waals surface area contributed by atoms with Gasteiger partial charge in [-0.25, -0.2) is 0 Å². The van der Waals surface area contributed by atoms with Crippen LogP contribution in [-0.4, -0.2) is 35.0 Å². The van der Waals surface area contributed by atoms with Crippen LogP contribution in [0.15, 0.2) is 23.8 Å². The second-order valence-corrected chi connectivity index (χ2v) is 3.70. The topological polar surface area (TPSA) is 66.8 Å². The van der Waals surface area contributed by atoms with Crippen molar-refractivity contribution in [3.05, 3.63) is 23.8 Å². The van der Waals surface area contributed by atoms with Crippen molar-refractivity contribution in [2.45, 2.75) is 38.4 Å². The Balaban J connectivity index is 2.74. The Kier molecular flexibility index (Phi) is 5.22. The predicted molar refractivity (Wildman–Crippen MR) is 59.7 cm³/mol. The number of aliphatic hydroxyl groups excluding tert-OH is 2. The first kappa shape index (κ1) is 12.9. The number of aliphatic hydroxyl groups is 2. The van der Waals surface area contributed by atoms with Crippen molar-refractivity contribution in [3.8, 4) is 0 Å². The van der Waals surface area contributed by atoms with Gasteiger partial charge in [-0.2, -0.15) is 0 Å². The fourth-order valence-electron chi connectivity index (χ4n) is 1.53. The zero-order chi connectivity index (χ0) is 12.0. The molecule has 2 unspecified atom stereocenters. The molecule has 0 fully saturated rings. The van der Waals surface area contributed by atoms with Crippen LogP contribution < -0.4 is 0 Å². The zero-order valence-electron chi connectivity index (χ0n) is 9.43. The lowest BCUT2D eigenvalue weighted by Gasteiger charge is -2.24. The van der Waals surface area contributed by atoms with Crippen LogP contribution in [-0.2, 0) is 9.53 Å². The van der Waals surface area contributed by atoms with Crippen molar-refractivity contribution in [3.63, 3.8) is 0 Å². The summed E-state index contributed by atoms with van der Waals surface area (Å²) in [4.78, 5) is 11.2. The van der Waals surface area contributed by atoms with Crippen molar-refractivity contribution in [1.29, 1.82) is 0 Å². The molecule has 0 heterocycles. The highest BCUT2D eigenvalue weighted by atomic mass is 16.6. The fourth-order valence-corrected chi connectivity index (χ4v) is 1.53. The smallest absolute Gasteiger partial charge is 0.306 e. The highest BCUT2D eigenvalue weighted by Crippen LogP contribution is 2.19. The molecule has 0 bridgehead atoms. The molecule has 0 aliphatic heterocycles. The van der Waals surface area contributed by atoms with E-state index in [0.717, 1.165) is 18.4 Å². The van der Waals surface area contributed by atoms with Gasteiger partial charge in [0.15, 0.2) is 6.10 Å². The molecular formula is C12H18O4. The van der Waals surface area contributed by atoms with E-state index in [1.165, 1.54) is 0 Å². The highest BCUT2D eigenvalue weighted by Gasteiger charge is 2.25. The SMILES string of the molecule is CCC(=O)OC(C1=CCCC=C1)C(O)CO. The molecule has 0 saturated carbocycles. The largest absolute Gasteiger partial charge is 0.455 e. The molecule has 0 aromatic heterocycles. The summed E-state index contributed by atoms with van der Waals surface area (Å²) in [6, 6.07) is 0. The molecule has 1 aliphatic rings. The van der Waals surface area contributed by atoms with E-state index in [2.05, 4.69) is 0 Å². The third-order valence-electron chi connectivity index (χ3n) is 2.44. The maximum atomic E-state index is 11.2. The van der Waals surface area contributed by atoms with Gasteiger partial charge in [-0.05, 0) is 18.4 Å². The normalized spacial score (nSPS) is 18.8. The van der Waals surface area contributed by atoms with E-state index < -0.39 is 18.8 Å². The third-order valence-corrected chi connectivity index (χ3v) is 2.44. The minimum absolute atomic E-state index is 0.256. The lowest BCUT2D eigenvalue weighted by atomic mass is 9.98. The molecule has 90 valence electrons. The number of hydrogen-bond acceptors (Lipinski definition) is 4. The van der Waals surface area contributed by atoms with Crippen LogP contribution in [0.2, 0.25) is 0 Å². The fraction of sp³-hybridized carbons (Fsp3) is 0.583. The van der Waals surface area contributed by atoms with Gasteiger partial charge in [0.05, 0.1) is 6.61 Å². The molecule has 4 nitrogen and oxygen atoms in total. The Morgan fingerprint density at radius 1 is 1.56 bits per heavy atom. The molecule has 0 radical (unpaired) electrons. The zero-order valence-corrected chi connectivity index (χ0v) is 9.43. The average Bonchev–Trinajstić information content (AvgIpc) is 2.35. The van der Waals surface area contributed by atoms with Crippen molar-refractivity contribution in [1.82, 2.24) is 0 Å². The molecule has 2 N–H and O–H groups in total. The Hall–Kier alpha value is -1.13. The summed E-state index contributed by atoms with van der Waals surface area (Å²) in [5, 5.41) is 18.5. The number of hydrogen-bond donors (Lipinski definition) is 2. The summed E-state index contributed by atoms with van der Waals surface area (Å²) in [7, 11) is 0. The molecule has 0 spiro atoms. The van der Waals surface area contributed by atoms with E-state index >= 15 is 0 Å². The van der Waals surface area contributed by atoms with Gasteiger partial charge in [0.1, 0.15) is 6.10 Å². The van der Waals surface area contributed by atoms with Crippen LogP contribution in [0.3, 0.4) is 0 Å². The highest BCUT2D eigenvalue weighted by molar-refractivity contribution is 5.69. The van der Waals surface area contributed by atoms with Gasteiger partial charge in [0, 0.05) is 6.42 Å². The van der Waals surface area contributed by atoms with Crippen molar-refractivity contribution < 1.29 is 19.7 Å². The van der Waals surface area contributed by atoms with E-state index in [9.17, 15) is 9.90 Å². The lowest BCUT2D eigenvalue weighted by Crippen LogP contribution is -2.35. The summed E-state index contributed by atoms with van der Waals surface area (Å²) in [5.74, 6) is -0.377. The van der Waals surface area contributed by atoms with E-state index in [4.69, 9.17) is 9.84 Å². The Morgan fingerprint density at radius 3 is 2.81 bits per heavy atom. The number of rotatable bonds is 5. The second-order valence-electron chi connectivity index (χ2n) is 3.70. The molecule has 16 heavy (non-hydrogen) atoms. The standard InChI is InChI=1S/C12H18O4/c1-2-11(15)16-12(10(14)8-13)9-6-4-3-5-7-9/h4,6-7,10,12-14H,2-3,5,8H2,1H3. The molecule has 4 heteroatoms. The quantitative estimate of drug-likeness (QED) is 0.685. The summed E-state index contributed by atoms with van der Waals surface area (Å²) in [5.41, 5.74) is 0.759. The Morgan fingerprint density at radius 2 is 2.31 bits per heavy atom. The Bertz CT molecular complexity index is 293. The predicted octanol–water partition coefficient (Wildman–Crippen LogP) is 0.938. The molecule has 1 aliphatic carbocycles. The second kappa shape index (κ2) is 6.45. The first-order valence-corrected chi connectivity index (χ1v) is 5.54. The first-order valence-electron chi connectivity index (χ1n) is 5.54. The summed E-state index contributed by atoms with van der Waals surface area (Å²) >= 11 is 0. The van der Waals surface area contributed by atoms with Crippen LogP contribution >= 0.6 is 0 Å². The number of allylic oxidation sites excluding steroid dienone is 2. The van der Waals surface area contributed by atoms with Gasteiger partial charge >= 0.3 is 5.97 Å². The number of esters is 1. The summed E-state index contributed by atoms with van der Waals surface area (Å²) in [6.45, 7) is 1.27. The van der Waals surface area contributed by atoms with Gasteiger partial charge in [0.2, 0.25) is 0 Å². The third kappa shape index (κ3) is 3.47. The molecule has 0 aromatic carbocycles. The van der Waals surface area contributed by atoms with Crippen LogP contribution in [0.25, 0.3) is 0 Å². The monoisotopic (exact) mass is 226 g/mol. The van der Waals surface area contributed by atoms with E-state index in [0.29, 0.717) is 0 Å². The molecular weight excluding hydrogens is 208 g/mol. The number of carbonyl (C=O) groups is 1. The van der Waals surface area contributed by atoms with Crippen molar-refractivity contribution in [2.75, 3.05) is 6.61 Å². The van der Waals surface area contributed by atoms with E-state index in [1.807, 2.05) is 18.2 Å². The maximum Gasteiger partial charge on any atom is 0.306 e. The van der Waals surface area contributed by atoms with Crippen molar-refractivity contribution >= 4 is 5.97 Å². The molecule has 1 rings (SSSR count). The van der Waals surface area contributed by atoms with Crippen LogP contribution in [0, 0.1) is 0 Å². The molecule has 0 aromatic rings. The summed E-state index contributed by atoms with van der Waals surface area (Å²) < 4.78 is 5.12. The maximum absolute atomic E-state index is 11.2. The summed E-state index contributed by atoms with van der Waals surface area (Å²) in [6.07, 6.45) is 5.97. The van der Waals surface area contributed by atoms with Crippen LogP contribution in [0.4, 0.5) is 0 Å². The van der Waals surface area contributed by atoms with Gasteiger partial charge in [-0.1, -0.05) is 25.2 Å². The first-order chi connectivity index (χ1) is 7.69. The number of carbonyl (C=O) groups excluding carboxylic acids is 1. The van der Waals surface area contributed by atoms with Crippen LogP contribution in [0.1, 0.15) is 26.2 Å². The molecule has 0 saturated heterocycles. The van der Waals surface area contributed by atoms with Gasteiger partial charge in [0.25, 0.3) is 0 Å². The Labute approximate surface area is 95.2 Å². The van der Waals surface area contributed by atoms with Gasteiger partial charge in [-0.3, -0.25) is 4.79 Å². The molecule has 2 atom stereocenters. The minimum atomic E-state index is -1.07. The van der Waals surface area contributed by atoms with E-state index in [1.54, 1.807) is 6.92 Å². The molecule has 0 amide bonds. The lowest BCUT2D eigenvalue weighted by molar-refractivity contribution is -0.152. The average molecular weight is 226 g/mol. The van der Waals surface area contributed by atoms with Gasteiger partial charge < -0.3 is 14.9 Å². The van der Waals surface area contributed by atoms with Crippen LogP contribution in [0.5, 0.6) is 0 Å².